The van der Waals surface area contributed by atoms with Crippen LogP contribution < -0.4 is 10.1 Å². The molecule has 0 fully saturated rings. The summed E-state index contributed by atoms with van der Waals surface area (Å²) < 4.78 is 6.02. The van der Waals surface area contributed by atoms with Crippen LogP contribution in [0.15, 0.2) is 22.7 Å². The molecule has 0 radical (unpaired) electrons. The van der Waals surface area contributed by atoms with E-state index in [0.29, 0.717) is 12.8 Å². The van der Waals surface area contributed by atoms with Crippen molar-refractivity contribution in [2.24, 2.45) is 0 Å². The van der Waals surface area contributed by atoms with E-state index < -0.39 is 0 Å². The molecule has 0 bridgehead atoms. The van der Waals surface area contributed by atoms with Crippen LogP contribution in [0.5, 0.6) is 5.75 Å². The molecule has 5 heteroatoms. The predicted octanol–water partition coefficient (Wildman–Crippen LogP) is 1.89. The summed E-state index contributed by atoms with van der Waals surface area (Å²) in [5, 5.41) is 11.5. The molecule has 0 heterocycles. The molecule has 1 aromatic carbocycles. The molecule has 1 amide bonds. The highest BCUT2D eigenvalue weighted by molar-refractivity contribution is 9.10. The second kappa shape index (κ2) is 7.38. The summed E-state index contributed by atoms with van der Waals surface area (Å²) >= 11 is 3.41. The molecule has 1 rings (SSSR count). The first-order chi connectivity index (χ1) is 8.56. The third-order valence-corrected chi connectivity index (χ3v) is 3.16. The maximum atomic E-state index is 11.5. The minimum absolute atomic E-state index is 0.0418. The fourth-order valence-corrected chi connectivity index (χ4v) is 2.10. The highest BCUT2D eigenvalue weighted by Gasteiger charge is 2.07. The van der Waals surface area contributed by atoms with E-state index >= 15 is 0 Å². The number of hydrogen-bond acceptors (Lipinski definition) is 3. The van der Waals surface area contributed by atoms with Gasteiger partial charge in [0.1, 0.15) is 5.75 Å². The number of rotatable bonds is 6. The number of carbonyl (C=O) groups excluding carboxylic acids is 1. The van der Waals surface area contributed by atoms with Crippen LogP contribution in [0, 0.1) is 0 Å². The van der Waals surface area contributed by atoms with Gasteiger partial charge in [0.05, 0.1) is 18.2 Å². The number of hydrogen-bond donors (Lipinski definition) is 2. The Morgan fingerprint density at radius 3 is 2.83 bits per heavy atom. The summed E-state index contributed by atoms with van der Waals surface area (Å²) in [5.74, 6) is 0.723. The number of aryl methyl sites for hydroxylation is 1. The molecule has 0 aliphatic carbocycles. The van der Waals surface area contributed by atoms with Crippen molar-refractivity contribution in [2.45, 2.75) is 25.8 Å². The Labute approximate surface area is 115 Å². The largest absolute Gasteiger partial charge is 0.496 e. The van der Waals surface area contributed by atoms with Crippen LogP contribution in [0.25, 0.3) is 0 Å². The lowest BCUT2D eigenvalue weighted by atomic mass is 10.1. The minimum atomic E-state index is -0.194. The Morgan fingerprint density at radius 1 is 1.56 bits per heavy atom. The minimum Gasteiger partial charge on any atom is -0.496 e. The molecular weight excluding hydrogens is 298 g/mol. The molecule has 0 saturated carbocycles. The number of benzene rings is 1. The van der Waals surface area contributed by atoms with Gasteiger partial charge >= 0.3 is 0 Å². The topological polar surface area (TPSA) is 58.6 Å². The molecule has 1 atom stereocenters. The number of amides is 1. The summed E-state index contributed by atoms with van der Waals surface area (Å²) in [7, 11) is 1.61. The third kappa shape index (κ3) is 4.66. The van der Waals surface area contributed by atoms with Crippen LogP contribution in [0.3, 0.4) is 0 Å². The summed E-state index contributed by atoms with van der Waals surface area (Å²) in [6, 6.07) is 5.56. The van der Waals surface area contributed by atoms with Gasteiger partial charge in [0.25, 0.3) is 0 Å². The van der Waals surface area contributed by atoms with Crippen molar-refractivity contribution >= 4 is 21.8 Å². The van der Waals surface area contributed by atoms with Crippen molar-refractivity contribution in [1.82, 2.24) is 5.32 Å². The molecule has 0 aliphatic heterocycles. The summed E-state index contributed by atoms with van der Waals surface area (Å²) in [6.45, 7) is 1.72. The average Bonchev–Trinajstić information content (AvgIpc) is 2.36. The van der Waals surface area contributed by atoms with E-state index in [-0.39, 0.29) is 18.6 Å². The fourth-order valence-electron chi connectivity index (χ4n) is 1.52. The molecule has 0 saturated heterocycles. The van der Waals surface area contributed by atoms with E-state index in [1.165, 1.54) is 0 Å². The van der Waals surface area contributed by atoms with Crippen LogP contribution in [-0.4, -0.2) is 30.8 Å². The zero-order valence-electron chi connectivity index (χ0n) is 10.6. The van der Waals surface area contributed by atoms with Crippen LogP contribution in [0.1, 0.15) is 18.9 Å². The van der Waals surface area contributed by atoms with Gasteiger partial charge in [0.15, 0.2) is 0 Å². The van der Waals surface area contributed by atoms with Crippen LogP contribution >= 0.6 is 15.9 Å². The summed E-state index contributed by atoms with van der Waals surface area (Å²) in [6.07, 6.45) is 1.07. The van der Waals surface area contributed by atoms with Gasteiger partial charge in [0.2, 0.25) is 5.91 Å². The molecule has 0 aromatic heterocycles. The van der Waals surface area contributed by atoms with Gasteiger partial charge in [-0.3, -0.25) is 4.79 Å². The summed E-state index contributed by atoms with van der Waals surface area (Å²) in [4.78, 5) is 11.5. The van der Waals surface area contributed by atoms with E-state index in [1.54, 1.807) is 14.0 Å². The number of aliphatic hydroxyl groups is 1. The maximum absolute atomic E-state index is 11.5. The summed E-state index contributed by atoms with van der Waals surface area (Å²) in [5.41, 5.74) is 1.06. The van der Waals surface area contributed by atoms with Crippen LogP contribution in [0.4, 0.5) is 0 Å². The highest BCUT2D eigenvalue weighted by atomic mass is 79.9. The first-order valence-electron chi connectivity index (χ1n) is 5.79. The molecule has 18 heavy (non-hydrogen) atoms. The zero-order valence-corrected chi connectivity index (χ0v) is 12.2. The van der Waals surface area contributed by atoms with Gasteiger partial charge in [-0.05, 0) is 47.0 Å². The van der Waals surface area contributed by atoms with Crippen LogP contribution in [0.2, 0.25) is 0 Å². The zero-order chi connectivity index (χ0) is 13.5. The average molecular weight is 316 g/mol. The third-order valence-electron chi connectivity index (χ3n) is 2.54. The predicted molar refractivity (Wildman–Crippen MR) is 73.7 cm³/mol. The monoisotopic (exact) mass is 315 g/mol. The molecular formula is C13H18BrNO3. The van der Waals surface area contributed by atoms with Gasteiger partial charge in [-0.15, -0.1) is 0 Å². The Morgan fingerprint density at radius 2 is 2.28 bits per heavy atom. The number of halogens is 1. The molecule has 100 valence electrons. The van der Waals surface area contributed by atoms with Crippen molar-refractivity contribution in [3.8, 4) is 5.75 Å². The SMILES string of the molecule is COc1ccc(CCC(=O)N[C@@H](C)CO)cc1Br. The van der Waals surface area contributed by atoms with Crippen molar-refractivity contribution in [3.05, 3.63) is 28.2 Å². The van der Waals surface area contributed by atoms with Gasteiger partial charge < -0.3 is 15.2 Å². The lowest BCUT2D eigenvalue weighted by Crippen LogP contribution is -2.35. The van der Waals surface area contributed by atoms with E-state index in [2.05, 4.69) is 21.2 Å². The lowest BCUT2D eigenvalue weighted by Gasteiger charge is -2.11. The smallest absolute Gasteiger partial charge is 0.220 e. The Bertz CT molecular complexity index is 409. The number of aliphatic hydroxyl groups excluding tert-OH is 1. The number of carbonyl (C=O) groups is 1. The lowest BCUT2D eigenvalue weighted by molar-refractivity contribution is -0.121. The van der Waals surface area contributed by atoms with E-state index in [9.17, 15) is 4.79 Å². The quantitative estimate of drug-likeness (QED) is 0.842. The van der Waals surface area contributed by atoms with Crippen molar-refractivity contribution in [2.75, 3.05) is 13.7 Å². The fraction of sp³-hybridized carbons (Fsp3) is 0.462. The molecule has 4 nitrogen and oxygen atoms in total. The molecule has 0 spiro atoms. The molecule has 0 aliphatic rings. The second-order valence-corrected chi connectivity index (χ2v) is 4.97. The molecule has 2 N–H and O–H groups in total. The van der Waals surface area contributed by atoms with Gasteiger partial charge in [-0.1, -0.05) is 6.07 Å². The van der Waals surface area contributed by atoms with Crippen molar-refractivity contribution in [1.29, 1.82) is 0 Å². The normalized spacial score (nSPS) is 12.0. The standard InChI is InChI=1S/C13H18BrNO3/c1-9(8-16)15-13(17)6-4-10-3-5-12(18-2)11(14)7-10/h3,5,7,9,16H,4,6,8H2,1-2H3,(H,15,17)/t9-/m0/s1. The van der Waals surface area contributed by atoms with E-state index in [1.807, 2.05) is 18.2 Å². The Kier molecular flexibility index (Phi) is 6.15. The number of nitrogens with one attached hydrogen (secondary N) is 1. The first kappa shape index (κ1) is 15.0. The van der Waals surface area contributed by atoms with Gasteiger partial charge in [-0.25, -0.2) is 0 Å². The second-order valence-electron chi connectivity index (χ2n) is 4.12. The van der Waals surface area contributed by atoms with Crippen molar-refractivity contribution < 1.29 is 14.6 Å². The van der Waals surface area contributed by atoms with E-state index in [0.717, 1.165) is 15.8 Å². The van der Waals surface area contributed by atoms with Gasteiger partial charge in [0, 0.05) is 12.5 Å². The molecule has 1 aromatic rings. The van der Waals surface area contributed by atoms with Crippen molar-refractivity contribution in [3.63, 3.8) is 0 Å². The first-order valence-corrected chi connectivity index (χ1v) is 6.58. The van der Waals surface area contributed by atoms with E-state index in [4.69, 9.17) is 9.84 Å². The molecule has 0 unspecified atom stereocenters. The van der Waals surface area contributed by atoms with Gasteiger partial charge in [-0.2, -0.15) is 0 Å². The Hall–Kier alpha value is -1.07. The Balaban J connectivity index is 2.48. The maximum Gasteiger partial charge on any atom is 0.220 e. The van der Waals surface area contributed by atoms with Crippen LogP contribution in [-0.2, 0) is 11.2 Å². The highest BCUT2D eigenvalue weighted by Crippen LogP contribution is 2.25. The number of methoxy groups -OCH3 is 1. The number of ether oxygens (including phenoxy) is 1.